The number of hydrogen-bond donors (Lipinski definition) is 1. The molecule has 21 heavy (non-hydrogen) atoms. The Morgan fingerprint density at radius 1 is 1.43 bits per heavy atom. The highest BCUT2D eigenvalue weighted by Crippen LogP contribution is 2.18. The topological polar surface area (TPSA) is 63.1 Å². The summed E-state index contributed by atoms with van der Waals surface area (Å²) in [5.74, 6) is 0.775. The number of amides is 1. The van der Waals surface area contributed by atoms with Gasteiger partial charge in [0.05, 0.1) is 17.8 Å². The molecule has 0 spiro atoms. The molecule has 0 aliphatic heterocycles. The molecule has 0 aromatic carbocycles. The van der Waals surface area contributed by atoms with Crippen LogP contribution in [-0.4, -0.2) is 38.9 Å². The largest absolute Gasteiger partial charge is 0.385 e. The lowest BCUT2D eigenvalue weighted by Crippen LogP contribution is -2.28. The molecule has 0 atom stereocenters. The minimum atomic E-state index is -0.0681. The van der Waals surface area contributed by atoms with Crippen molar-refractivity contribution in [3.63, 3.8) is 0 Å². The number of rotatable bonds is 5. The Kier molecular flexibility index (Phi) is 4.57. The third-order valence-electron chi connectivity index (χ3n) is 3.28. The van der Waals surface area contributed by atoms with Crippen molar-refractivity contribution in [2.45, 2.75) is 20.4 Å². The molecule has 6 nitrogen and oxygen atoms in total. The van der Waals surface area contributed by atoms with Gasteiger partial charge in [0.2, 0.25) is 0 Å². The maximum atomic E-state index is 12.6. The van der Waals surface area contributed by atoms with Crippen LogP contribution >= 0.6 is 0 Å². The average molecular weight is 287 g/mol. The Morgan fingerprint density at radius 2 is 2.19 bits per heavy atom. The minimum absolute atomic E-state index is 0.0681. The molecular formula is C15H21N5O. The molecule has 1 N–H and O–H groups in total. The Bertz CT molecular complexity index is 635. The van der Waals surface area contributed by atoms with Crippen molar-refractivity contribution in [3.8, 4) is 0 Å². The highest BCUT2D eigenvalue weighted by Gasteiger charge is 2.17. The molecule has 2 rings (SSSR count). The predicted molar refractivity (Wildman–Crippen MR) is 82.1 cm³/mol. The SMILES string of the molecule is CCNc1cc(C)ncc1C(=O)N(C)Cc1nccn1C. The molecule has 0 saturated heterocycles. The van der Waals surface area contributed by atoms with Crippen LogP contribution in [0.1, 0.15) is 28.8 Å². The molecule has 0 unspecified atom stereocenters. The number of carbonyl (C=O) groups excluding carboxylic acids is 1. The summed E-state index contributed by atoms with van der Waals surface area (Å²) in [4.78, 5) is 22.7. The first kappa shape index (κ1) is 15.0. The van der Waals surface area contributed by atoms with E-state index in [4.69, 9.17) is 0 Å². The fourth-order valence-electron chi connectivity index (χ4n) is 2.11. The number of aromatic nitrogens is 3. The number of hydrogen-bond acceptors (Lipinski definition) is 4. The lowest BCUT2D eigenvalue weighted by molar-refractivity contribution is 0.0781. The zero-order chi connectivity index (χ0) is 15.4. The van der Waals surface area contributed by atoms with Crippen molar-refractivity contribution < 1.29 is 4.79 Å². The number of imidazole rings is 1. The van der Waals surface area contributed by atoms with Crippen LogP contribution in [0, 0.1) is 6.92 Å². The summed E-state index contributed by atoms with van der Waals surface area (Å²) in [7, 11) is 3.69. The Labute approximate surface area is 124 Å². The smallest absolute Gasteiger partial charge is 0.257 e. The number of carbonyl (C=O) groups is 1. The monoisotopic (exact) mass is 287 g/mol. The molecule has 112 valence electrons. The maximum absolute atomic E-state index is 12.6. The first-order chi connectivity index (χ1) is 10.0. The van der Waals surface area contributed by atoms with Crippen LogP contribution in [0.15, 0.2) is 24.7 Å². The molecule has 2 heterocycles. The van der Waals surface area contributed by atoms with Gasteiger partial charge in [0.1, 0.15) is 5.82 Å². The molecule has 0 saturated carbocycles. The quantitative estimate of drug-likeness (QED) is 0.911. The van der Waals surface area contributed by atoms with Gasteiger partial charge in [-0.15, -0.1) is 0 Å². The van der Waals surface area contributed by atoms with E-state index >= 15 is 0 Å². The first-order valence-corrected chi connectivity index (χ1v) is 6.95. The molecule has 2 aromatic rings. The van der Waals surface area contributed by atoms with E-state index in [-0.39, 0.29) is 5.91 Å². The summed E-state index contributed by atoms with van der Waals surface area (Å²) in [5.41, 5.74) is 2.29. The van der Waals surface area contributed by atoms with Gasteiger partial charge in [-0.1, -0.05) is 0 Å². The zero-order valence-corrected chi connectivity index (χ0v) is 12.9. The van der Waals surface area contributed by atoms with Gasteiger partial charge in [-0.3, -0.25) is 9.78 Å². The Balaban J connectivity index is 2.21. The fraction of sp³-hybridized carbons (Fsp3) is 0.400. The van der Waals surface area contributed by atoms with Gasteiger partial charge in [-0.2, -0.15) is 0 Å². The van der Waals surface area contributed by atoms with Gasteiger partial charge < -0.3 is 14.8 Å². The van der Waals surface area contributed by atoms with Crippen LogP contribution in [-0.2, 0) is 13.6 Å². The number of nitrogens with one attached hydrogen (secondary N) is 1. The average Bonchev–Trinajstić information content (AvgIpc) is 2.84. The van der Waals surface area contributed by atoms with Crippen LogP contribution in [0.2, 0.25) is 0 Å². The molecule has 0 aliphatic rings. The van der Waals surface area contributed by atoms with E-state index in [1.54, 1.807) is 24.3 Å². The van der Waals surface area contributed by atoms with Gasteiger partial charge >= 0.3 is 0 Å². The Hall–Kier alpha value is -2.37. The zero-order valence-electron chi connectivity index (χ0n) is 12.9. The number of pyridine rings is 1. The van der Waals surface area contributed by atoms with Gasteiger partial charge in [0.25, 0.3) is 5.91 Å². The molecule has 0 aliphatic carbocycles. The second-order valence-corrected chi connectivity index (χ2v) is 5.02. The first-order valence-electron chi connectivity index (χ1n) is 6.95. The van der Waals surface area contributed by atoms with Crippen molar-refractivity contribution in [2.75, 3.05) is 18.9 Å². The predicted octanol–water partition coefficient (Wildman–Crippen LogP) is 1.83. The summed E-state index contributed by atoms with van der Waals surface area (Å²) >= 11 is 0. The molecular weight excluding hydrogens is 266 g/mol. The maximum Gasteiger partial charge on any atom is 0.257 e. The van der Waals surface area contributed by atoms with Gasteiger partial charge in [-0.25, -0.2) is 4.98 Å². The molecule has 0 bridgehead atoms. The standard InChI is InChI=1S/C15H21N5O/c1-5-16-13-8-11(2)18-9-12(13)15(21)20(4)10-14-17-6-7-19(14)3/h6-9H,5,10H2,1-4H3,(H,16,18). The van der Waals surface area contributed by atoms with Crippen LogP contribution in [0.4, 0.5) is 5.69 Å². The second kappa shape index (κ2) is 6.39. The van der Waals surface area contributed by atoms with E-state index in [1.165, 1.54) is 0 Å². The van der Waals surface area contributed by atoms with E-state index in [2.05, 4.69) is 15.3 Å². The van der Waals surface area contributed by atoms with E-state index in [0.29, 0.717) is 12.1 Å². The Morgan fingerprint density at radius 3 is 2.81 bits per heavy atom. The van der Waals surface area contributed by atoms with E-state index in [1.807, 2.05) is 37.7 Å². The molecule has 2 aromatic heterocycles. The van der Waals surface area contributed by atoms with Crippen molar-refractivity contribution >= 4 is 11.6 Å². The third kappa shape index (κ3) is 3.39. The van der Waals surface area contributed by atoms with Crippen molar-refractivity contribution in [2.24, 2.45) is 7.05 Å². The summed E-state index contributed by atoms with van der Waals surface area (Å²) in [6, 6.07) is 1.89. The van der Waals surface area contributed by atoms with E-state index < -0.39 is 0 Å². The van der Waals surface area contributed by atoms with Crippen LogP contribution in [0.3, 0.4) is 0 Å². The molecule has 0 fully saturated rings. The van der Waals surface area contributed by atoms with Gasteiger partial charge in [0.15, 0.2) is 0 Å². The summed E-state index contributed by atoms with van der Waals surface area (Å²) in [5, 5.41) is 3.21. The number of aryl methyl sites for hydroxylation is 2. The van der Waals surface area contributed by atoms with Crippen molar-refractivity contribution in [1.82, 2.24) is 19.4 Å². The highest BCUT2D eigenvalue weighted by molar-refractivity contribution is 5.99. The number of nitrogens with zero attached hydrogens (tertiary/aromatic N) is 4. The summed E-state index contributed by atoms with van der Waals surface area (Å²) in [6.07, 6.45) is 5.22. The van der Waals surface area contributed by atoms with Crippen LogP contribution < -0.4 is 5.32 Å². The van der Waals surface area contributed by atoms with Gasteiger partial charge in [0, 0.05) is 44.9 Å². The third-order valence-corrected chi connectivity index (χ3v) is 3.28. The van der Waals surface area contributed by atoms with E-state index in [9.17, 15) is 4.79 Å². The van der Waals surface area contributed by atoms with E-state index in [0.717, 1.165) is 23.8 Å². The highest BCUT2D eigenvalue weighted by atomic mass is 16.2. The van der Waals surface area contributed by atoms with Crippen LogP contribution in [0.25, 0.3) is 0 Å². The van der Waals surface area contributed by atoms with Crippen molar-refractivity contribution in [1.29, 1.82) is 0 Å². The second-order valence-electron chi connectivity index (χ2n) is 5.02. The summed E-state index contributed by atoms with van der Waals surface area (Å²) in [6.45, 7) is 5.13. The minimum Gasteiger partial charge on any atom is -0.385 e. The fourth-order valence-corrected chi connectivity index (χ4v) is 2.11. The molecule has 6 heteroatoms. The number of anilines is 1. The molecule has 1 amide bonds. The lowest BCUT2D eigenvalue weighted by atomic mass is 10.2. The van der Waals surface area contributed by atoms with Gasteiger partial charge in [-0.05, 0) is 19.9 Å². The normalized spacial score (nSPS) is 10.5. The lowest BCUT2D eigenvalue weighted by Gasteiger charge is -2.19. The van der Waals surface area contributed by atoms with Crippen LogP contribution in [0.5, 0.6) is 0 Å². The van der Waals surface area contributed by atoms with Crippen molar-refractivity contribution in [3.05, 3.63) is 41.7 Å². The molecule has 0 radical (unpaired) electrons. The summed E-state index contributed by atoms with van der Waals surface area (Å²) < 4.78 is 1.91.